The summed E-state index contributed by atoms with van der Waals surface area (Å²) in [5.41, 5.74) is 0.879. The molecule has 9 heteroatoms. The number of pyridine rings is 1. The number of aryl methyl sites for hydroxylation is 1. The number of hydrogen-bond acceptors (Lipinski definition) is 6. The highest BCUT2D eigenvalue weighted by atomic mass is 19.2. The third-order valence-electron chi connectivity index (χ3n) is 5.05. The van der Waals surface area contributed by atoms with E-state index in [0.717, 1.165) is 17.7 Å². The van der Waals surface area contributed by atoms with E-state index in [4.69, 9.17) is 4.52 Å². The Hall–Kier alpha value is -3.36. The first kappa shape index (κ1) is 19.9. The number of benzene rings is 1. The van der Waals surface area contributed by atoms with Crippen molar-refractivity contribution in [1.82, 2.24) is 20.0 Å². The summed E-state index contributed by atoms with van der Waals surface area (Å²) < 4.78 is 32.1. The van der Waals surface area contributed by atoms with Crippen LogP contribution in [-0.4, -0.2) is 52.1 Å². The summed E-state index contributed by atoms with van der Waals surface area (Å²) in [6.45, 7) is 4.11. The van der Waals surface area contributed by atoms with Gasteiger partial charge in [-0.2, -0.15) is 4.98 Å². The zero-order valence-electron chi connectivity index (χ0n) is 16.5. The standard InChI is InChI=1S/C21H21F2N5O2/c1-2-18-25-20(30-26-18)15-5-3-8-24-19(15)27-9-4-10-28(12-11-27)21(29)14-6-7-16(22)17(23)13-14/h3,5-8,13H,2,4,9-12H2,1H3. The van der Waals surface area contributed by atoms with Crippen LogP contribution in [0.25, 0.3) is 11.5 Å². The van der Waals surface area contributed by atoms with E-state index in [0.29, 0.717) is 56.6 Å². The average molecular weight is 413 g/mol. The number of amides is 1. The highest BCUT2D eigenvalue weighted by Crippen LogP contribution is 2.28. The minimum absolute atomic E-state index is 0.138. The highest BCUT2D eigenvalue weighted by Gasteiger charge is 2.24. The van der Waals surface area contributed by atoms with Crippen LogP contribution < -0.4 is 4.90 Å². The summed E-state index contributed by atoms with van der Waals surface area (Å²) in [4.78, 5) is 25.4. The smallest absolute Gasteiger partial charge is 0.261 e. The van der Waals surface area contributed by atoms with Crippen LogP contribution in [0, 0.1) is 11.6 Å². The van der Waals surface area contributed by atoms with Gasteiger partial charge in [0.2, 0.25) is 0 Å². The van der Waals surface area contributed by atoms with Crippen molar-refractivity contribution in [3.63, 3.8) is 0 Å². The summed E-state index contributed by atoms with van der Waals surface area (Å²) >= 11 is 0. The third kappa shape index (κ3) is 4.00. The average Bonchev–Trinajstić information content (AvgIpc) is 3.12. The molecule has 0 N–H and O–H groups in total. The number of carbonyl (C=O) groups is 1. The molecule has 1 aliphatic rings. The Kier molecular flexibility index (Phi) is 5.69. The number of anilines is 1. The van der Waals surface area contributed by atoms with E-state index in [9.17, 15) is 13.6 Å². The topological polar surface area (TPSA) is 75.4 Å². The van der Waals surface area contributed by atoms with Crippen molar-refractivity contribution in [3.05, 3.63) is 59.6 Å². The molecule has 156 valence electrons. The molecule has 2 aromatic heterocycles. The molecule has 0 aliphatic carbocycles. The molecule has 3 heterocycles. The van der Waals surface area contributed by atoms with E-state index in [1.54, 1.807) is 11.1 Å². The monoisotopic (exact) mass is 413 g/mol. The van der Waals surface area contributed by atoms with Gasteiger partial charge in [-0.1, -0.05) is 12.1 Å². The Morgan fingerprint density at radius 3 is 2.77 bits per heavy atom. The maximum Gasteiger partial charge on any atom is 0.261 e. The fraction of sp³-hybridized carbons (Fsp3) is 0.333. The van der Waals surface area contributed by atoms with E-state index < -0.39 is 11.6 Å². The van der Waals surface area contributed by atoms with E-state index in [2.05, 4.69) is 20.0 Å². The molecular weight excluding hydrogens is 392 g/mol. The zero-order valence-corrected chi connectivity index (χ0v) is 16.5. The van der Waals surface area contributed by atoms with Crippen molar-refractivity contribution in [2.24, 2.45) is 0 Å². The van der Waals surface area contributed by atoms with E-state index in [-0.39, 0.29) is 11.5 Å². The summed E-state index contributed by atoms with van der Waals surface area (Å²) in [7, 11) is 0. The fourth-order valence-corrected chi connectivity index (χ4v) is 3.47. The predicted molar refractivity (Wildman–Crippen MR) is 106 cm³/mol. The molecule has 0 atom stereocenters. The normalized spacial score (nSPS) is 14.6. The van der Waals surface area contributed by atoms with Crippen LogP contribution in [0.15, 0.2) is 41.1 Å². The Morgan fingerprint density at radius 2 is 2.00 bits per heavy atom. The molecule has 1 amide bonds. The van der Waals surface area contributed by atoms with Gasteiger partial charge in [-0.15, -0.1) is 0 Å². The van der Waals surface area contributed by atoms with Gasteiger partial charge in [-0.25, -0.2) is 13.8 Å². The van der Waals surface area contributed by atoms with Crippen LogP contribution in [0.5, 0.6) is 0 Å². The molecule has 7 nitrogen and oxygen atoms in total. The van der Waals surface area contributed by atoms with Crippen LogP contribution in [0.2, 0.25) is 0 Å². The lowest BCUT2D eigenvalue weighted by molar-refractivity contribution is 0.0766. The van der Waals surface area contributed by atoms with Crippen LogP contribution in [-0.2, 0) is 6.42 Å². The van der Waals surface area contributed by atoms with E-state index in [1.807, 2.05) is 19.1 Å². The van der Waals surface area contributed by atoms with Crippen molar-refractivity contribution in [2.45, 2.75) is 19.8 Å². The van der Waals surface area contributed by atoms with Gasteiger partial charge in [0.05, 0.1) is 5.56 Å². The maximum absolute atomic E-state index is 13.5. The molecule has 30 heavy (non-hydrogen) atoms. The van der Waals surface area contributed by atoms with Crippen molar-refractivity contribution >= 4 is 11.7 Å². The molecule has 1 saturated heterocycles. The van der Waals surface area contributed by atoms with E-state index >= 15 is 0 Å². The number of halogens is 2. The van der Waals surface area contributed by atoms with Crippen LogP contribution in [0.3, 0.4) is 0 Å². The van der Waals surface area contributed by atoms with Crippen LogP contribution in [0.4, 0.5) is 14.6 Å². The summed E-state index contributed by atoms with van der Waals surface area (Å²) in [5.74, 6) is -0.565. The second kappa shape index (κ2) is 8.56. The van der Waals surface area contributed by atoms with Crippen molar-refractivity contribution in [1.29, 1.82) is 0 Å². The lowest BCUT2D eigenvalue weighted by atomic mass is 10.2. The van der Waals surface area contributed by atoms with Gasteiger partial charge in [0.25, 0.3) is 11.8 Å². The first-order chi connectivity index (χ1) is 14.6. The highest BCUT2D eigenvalue weighted by molar-refractivity contribution is 5.94. The number of hydrogen-bond donors (Lipinski definition) is 0. The fourth-order valence-electron chi connectivity index (χ4n) is 3.47. The molecule has 0 radical (unpaired) electrons. The molecule has 1 aliphatic heterocycles. The van der Waals surface area contributed by atoms with Crippen LogP contribution >= 0.6 is 0 Å². The molecule has 0 bridgehead atoms. The van der Waals surface area contributed by atoms with Crippen molar-refractivity contribution < 1.29 is 18.1 Å². The lowest BCUT2D eigenvalue weighted by Crippen LogP contribution is -2.35. The minimum atomic E-state index is -1.03. The second-order valence-electron chi connectivity index (χ2n) is 7.01. The van der Waals surface area contributed by atoms with Gasteiger partial charge in [-0.3, -0.25) is 4.79 Å². The van der Waals surface area contributed by atoms with Gasteiger partial charge < -0.3 is 14.3 Å². The zero-order chi connectivity index (χ0) is 21.1. The first-order valence-electron chi connectivity index (χ1n) is 9.84. The number of carbonyl (C=O) groups excluding carboxylic acids is 1. The summed E-state index contributed by atoms with van der Waals surface area (Å²) in [5, 5.41) is 3.96. The first-order valence-corrected chi connectivity index (χ1v) is 9.84. The Labute approximate surface area is 172 Å². The Morgan fingerprint density at radius 1 is 1.13 bits per heavy atom. The maximum atomic E-state index is 13.5. The third-order valence-corrected chi connectivity index (χ3v) is 5.05. The number of aromatic nitrogens is 3. The van der Waals surface area contributed by atoms with Crippen molar-refractivity contribution in [2.75, 3.05) is 31.1 Å². The van der Waals surface area contributed by atoms with Gasteiger partial charge in [0.1, 0.15) is 5.82 Å². The van der Waals surface area contributed by atoms with Gasteiger partial charge in [-0.05, 0) is 36.8 Å². The SMILES string of the molecule is CCc1noc(-c2cccnc2N2CCCN(C(=O)c3ccc(F)c(F)c3)CC2)n1. The van der Waals surface area contributed by atoms with Crippen molar-refractivity contribution in [3.8, 4) is 11.5 Å². The molecule has 0 spiro atoms. The molecule has 4 rings (SSSR count). The van der Waals surface area contributed by atoms with Gasteiger partial charge in [0, 0.05) is 44.4 Å². The molecule has 1 fully saturated rings. The number of nitrogens with zero attached hydrogens (tertiary/aromatic N) is 5. The van der Waals surface area contributed by atoms with Crippen LogP contribution in [0.1, 0.15) is 29.5 Å². The summed E-state index contributed by atoms with van der Waals surface area (Å²) in [6, 6.07) is 6.91. The van der Waals surface area contributed by atoms with Gasteiger partial charge >= 0.3 is 0 Å². The molecule has 0 unspecified atom stereocenters. The predicted octanol–water partition coefficient (Wildman–Crippen LogP) is 3.32. The second-order valence-corrected chi connectivity index (χ2v) is 7.01. The Bertz CT molecular complexity index is 1060. The molecule has 1 aromatic carbocycles. The largest absolute Gasteiger partial charge is 0.354 e. The quantitative estimate of drug-likeness (QED) is 0.653. The lowest BCUT2D eigenvalue weighted by Gasteiger charge is -2.24. The molecular formula is C21H21F2N5O2. The van der Waals surface area contributed by atoms with Gasteiger partial charge in [0.15, 0.2) is 17.5 Å². The summed E-state index contributed by atoms with van der Waals surface area (Å²) in [6.07, 6.45) is 3.07. The Balaban J connectivity index is 1.52. The number of rotatable bonds is 4. The molecule has 3 aromatic rings. The molecule has 0 saturated carbocycles. The van der Waals surface area contributed by atoms with E-state index in [1.165, 1.54) is 6.07 Å². The minimum Gasteiger partial charge on any atom is -0.354 e.